The van der Waals surface area contributed by atoms with Crippen molar-refractivity contribution in [2.24, 2.45) is 0 Å². The molecule has 0 unspecified atom stereocenters. The van der Waals surface area contributed by atoms with E-state index in [1.54, 1.807) is 55.5 Å². The minimum Gasteiger partial charge on any atom is -0.496 e. The molecule has 7 nitrogen and oxygen atoms in total. The summed E-state index contributed by atoms with van der Waals surface area (Å²) in [5, 5.41) is 3.98. The van der Waals surface area contributed by atoms with Crippen LogP contribution in [-0.4, -0.2) is 49.6 Å². The van der Waals surface area contributed by atoms with Crippen LogP contribution in [0, 0.1) is 0 Å². The van der Waals surface area contributed by atoms with Gasteiger partial charge in [0.1, 0.15) is 23.3 Å². The molecular formula is C27H34Cl2N2O5. The molecule has 9 heteroatoms. The van der Waals surface area contributed by atoms with Crippen LogP contribution < -0.4 is 19.5 Å². The number of rotatable bonds is 11. The number of methoxy groups -OCH3 is 2. The molecule has 2 amide bonds. The Labute approximate surface area is 223 Å². The highest BCUT2D eigenvalue weighted by atomic mass is 35.5. The summed E-state index contributed by atoms with van der Waals surface area (Å²) < 4.78 is 16.4. The molecule has 3 rings (SSSR count). The Morgan fingerprint density at radius 1 is 0.972 bits per heavy atom. The van der Waals surface area contributed by atoms with Gasteiger partial charge in [-0.3, -0.25) is 9.59 Å². The maximum absolute atomic E-state index is 13.5. The number of hydrogen-bond acceptors (Lipinski definition) is 5. The summed E-state index contributed by atoms with van der Waals surface area (Å²) in [5.74, 6) is 1.04. The van der Waals surface area contributed by atoms with Gasteiger partial charge in [0.2, 0.25) is 5.91 Å². The molecule has 1 N–H and O–H groups in total. The second-order valence-electron chi connectivity index (χ2n) is 8.87. The van der Waals surface area contributed by atoms with E-state index < -0.39 is 6.04 Å². The van der Waals surface area contributed by atoms with Gasteiger partial charge < -0.3 is 24.4 Å². The summed E-state index contributed by atoms with van der Waals surface area (Å²) in [6, 6.07) is 9.74. The van der Waals surface area contributed by atoms with E-state index in [9.17, 15) is 9.59 Å². The van der Waals surface area contributed by atoms with Crippen LogP contribution in [-0.2, 0) is 16.1 Å². The normalized spacial score (nSPS) is 14.6. The summed E-state index contributed by atoms with van der Waals surface area (Å²) in [4.78, 5) is 28.3. The molecule has 0 saturated heterocycles. The van der Waals surface area contributed by atoms with Gasteiger partial charge in [0.25, 0.3) is 5.91 Å². The summed E-state index contributed by atoms with van der Waals surface area (Å²) in [7, 11) is 3.08. The first-order valence-electron chi connectivity index (χ1n) is 12.2. The van der Waals surface area contributed by atoms with Crippen molar-refractivity contribution in [1.29, 1.82) is 0 Å². The fraction of sp³-hybridized carbons (Fsp3) is 0.481. The van der Waals surface area contributed by atoms with Crippen molar-refractivity contribution >= 4 is 35.0 Å². The van der Waals surface area contributed by atoms with Gasteiger partial charge in [-0.2, -0.15) is 0 Å². The maximum Gasteiger partial charge on any atom is 0.261 e. The first-order chi connectivity index (χ1) is 17.3. The third kappa shape index (κ3) is 7.68. The summed E-state index contributed by atoms with van der Waals surface area (Å²) in [6.07, 6.45) is 5.78. The van der Waals surface area contributed by atoms with Crippen LogP contribution in [0.25, 0.3) is 0 Å². The summed E-state index contributed by atoms with van der Waals surface area (Å²) >= 11 is 12.3. The molecular weight excluding hydrogens is 503 g/mol. The SMILES string of the molecule is CC[C@H](C(=O)NC1CCCCC1)N(Cc1ccc(Cl)c(Cl)c1)C(=O)COc1cc(OC)cc(OC)c1. The quantitative estimate of drug-likeness (QED) is 0.401. The van der Waals surface area contributed by atoms with Gasteiger partial charge in [-0.1, -0.05) is 55.5 Å². The van der Waals surface area contributed by atoms with Crippen LogP contribution in [0.15, 0.2) is 36.4 Å². The van der Waals surface area contributed by atoms with E-state index in [0.717, 1.165) is 31.2 Å². The molecule has 0 spiro atoms. The van der Waals surface area contributed by atoms with E-state index in [2.05, 4.69) is 5.32 Å². The Hall–Kier alpha value is -2.64. The largest absolute Gasteiger partial charge is 0.496 e. The number of carbonyl (C=O) groups is 2. The second kappa shape index (κ2) is 13.6. The summed E-state index contributed by atoms with van der Waals surface area (Å²) in [5.41, 5.74) is 0.768. The van der Waals surface area contributed by atoms with Crippen LogP contribution >= 0.6 is 23.2 Å². The molecule has 0 radical (unpaired) electrons. The van der Waals surface area contributed by atoms with Crippen LogP contribution in [0.3, 0.4) is 0 Å². The Morgan fingerprint density at radius 3 is 2.19 bits per heavy atom. The molecule has 1 aliphatic rings. The lowest BCUT2D eigenvalue weighted by atomic mass is 9.95. The lowest BCUT2D eigenvalue weighted by molar-refractivity contribution is -0.143. The highest BCUT2D eigenvalue weighted by Gasteiger charge is 2.30. The average Bonchev–Trinajstić information content (AvgIpc) is 2.89. The monoisotopic (exact) mass is 536 g/mol. The minimum atomic E-state index is -0.655. The molecule has 1 fully saturated rings. The zero-order valence-corrected chi connectivity index (χ0v) is 22.5. The van der Waals surface area contributed by atoms with E-state index in [1.807, 2.05) is 6.92 Å². The first-order valence-corrected chi connectivity index (χ1v) is 13.0. The van der Waals surface area contributed by atoms with E-state index >= 15 is 0 Å². The second-order valence-corrected chi connectivity index (χ2v) is 9.69. The smallest absolute Gasteiger partial charge is 0.261 e. The lowest BCUT2D eigenvalue weighted by Crippen LogP contribution is -2.52. The molecule has 1 atom stereocenters. The van der Waals surface area contributed by atoms with Gasteiger partial charge in [-0.25, -0.2) is 0 Å². The van der Waals surface area contributed by atoms with Crippen molar-refractivity contribution in [2.75, 3.05) is 20.8 Å². The number of carbonyl (C=O) groups excluding carboxylic acids is 2. The molecule has 0 aliphatic heterocycles. The molecule has 2 aromatic rings. The van der Waals surface area contributed by atoms with Gasteiger partial charge >= 0.3 is 0 Å². The van der Waals surface area contributed by atoms with Gasteiger partial charge in [-0.05, 0) is 37.0 Å². The van der Waals surface area contributed by atoms with Gasteiger partial charge in [-0.15, -0.1) is 0 Å². The summed E-state index contributed by atoms with van der Waals surface area (Å²) in [6.45, 7) is 1.83. The topological polar surface area (TPSA) is 77.1 Å². The van der Waals surface area contributed by atoms with Crippen molar-refractivity contribution in [3.05, 3.63) is 52.0 Å². The first kappa shape index (κ1) is 27.9. The highest BCUT2D eigenvalue weighted by Crippen LogP contribution is 2.28. The number of ether oxygens (including phenoxy) is 3. The molecule has 0 aromatic heterocycles. The number of benzene rings is 2. The molecule has 1 saturated carbocycles. The van der Waals surface area contributed by atoms with Gasteiger partial charge in [0, 0.05) is 30.8 Å². The van der Waals surface area contributed by atoms with Crippen molar-refractivity contribution in [3.8, 4) is 17.2 Å². The Balaban J connectivity index is 1.80. The minimum absolute atomic E-state index is 0.141. The number of amides is 2. The zero-order valence-electron chi connectivity index (χ0n) is 21.0. The van der Waals surface area contributed by atoms with Crippen molar-refractivity contribution < 1.29 is 23.8 Å². The third-order valence-corrected chi connectivity index (χ3v) is 7.10. The fourth-order valence-electron chi connectivity index (χ4n) is 4.39. The number of halogens is 2. The Bertz CT molecular complexity index is 1020. The van der Waals surface area contributed by atoms with Crippen molar-refractivity contribution in [1.82, 2.24) is 10.2 Å². The van der Waals surface area contributed by atoms with Crippen molar-refractivity contribution in [2.45, 2.75) is 64.1 Å². The standard InChI is InChI=1S/C27H34Cl2N2O5/c1-4-25(27(33)30-19-8-6-5-7-9-19)31(16-18-10-11-23(28)24(29)12-18)26(32)17-36-22-14-20(34-2)13-21(15-22)35-3/h10-15,19,25H,4-9,16-17H2,1-3H3,(H,30,33)/t25-/m1/s1. The molecule has 0 heterocycles. The van der Waals surface area contributed by atoms with Crippen LogP contribution in [0.2, 0.25) is 10.0 Å². The molecule has 2 aromatic carbocycles. The van der Waals surface area contributed by atoms with Gasteiger partial charge in [0.05, 0.1) is 24.3 Å². The van der Waals surface area contributed by atoms with Gasteiger partial charge in [0.15, 0.2) is 6.61 Å². The van der Waals surface area contributed by atoms with E-state index in [4.69, 9.17) is 37.4 Å². The molecule has 0 bridgehead atoms. The third-order valence-electron chi connectivity index (χ3n) is 6.36. The molecule has 36 heavy (non-hydrogen) atoms. The predicted octanol–water partition coefficient (Wildman–Crippen LogP) is 5.65. The van der Waals surface area contributed by atoms with E-state index in [-0.39, 0.29) is 31.0 Å². The average molecular weight is 537 g/mol. The van der Waals surface area contributed by atoms with Crippen LogP contribution in [0.4, 0.5) is 0 Å². The fourth-order valence-corrected chi connectivity index (χ4v) is 4.71. The number of hydrogen-bond donors (Lipinski definition) is 1. The van der Waals surface area contributed by atoms with E-state index in [0.29, 0.717) is 33.7 Å². The lowest BCUT2D eigenvalue weighted by Gasteiger charge is -2.32. The zero-order chi connectivity index (χ0) is 26.1. The van der Waals surface area contributed by atoms with E-state index in [1.165, 1.54) is 6.42 Å². The molecule has 196 valence electrons. The van der Waals surface area contributed by atoms with Crippen LogP contribution in [0.5, 0.6) is 17.2 Å². The molecule has 1 aliphatic carbocycles. The number of nitrogens with one attached hydrogen (secondary N) is 1. The predicted molar refractivity (Wildman–Crippen MR) is 141 cm³/mol. The highest BCUT2D eigenvalue weighted by molar-refractivity contribution is 6.42. The maximum atomic E-state index is 13.5. The van der Waals surface area contributed by atoms with Crippen molar-refractivity contribution in [3.63, 3.8) is 0 Å². The van der Waals surface area contributed by atoms with Crippen LogP contribution in [0.1, 0.15) is 51.0 Å². The Morgan fingerprint density at radius 2 is 1.61 bits per heavy atom. The number of nitrogens with zero attached hydrogens (tertiary/aromatic N) is 1. The Kier molecular flexibility index (Phi) is 10.6.